The second kappa shape index (κ2) is 8.24. The summed E-state index contributed by atoms with van der Waals surface area (Å²) in [7, 11) is 1.53. The van der Waals surface area contributed by atoms with Gasteiger partial charge in [0, 0.05) is 44.4 Å². The van der Waals surface area contributed by atoms with Gasteiger partial charge in [0.1, 0.15) is 5.92 Å². The van der Waals surface area contributed by atoms with Crippen molar-refractivity contribution in [2.75, 3.05) is 13.6 Å². The Hall–Kier alpha value is -2.88. The highest BCUT2D eigenvalue weighted by Gasteiger charge is 2.46. The van der Waals surface area contributed by atoms with Crippen LogP contribution >= 0.6 is 0 Å². The topological polar surface area (TPSA) is 88.0 Å². The van der Waals surface area contributed by atoms with Crippen molar-refractivity contribution in [1.29, 1.82) is 0 Å². The Bertz CT molecular complexity index is 906. The van der Waals surface area contributed by atoms with Crippen molar-refractivity contribution >= 4 is 11.8 Å². The molecule has 1 atom stereocenters. The van der Waals surface area contributed by atoms with Gasteiger partial charge in [0.15, 0.2) is 5.69 Å². The molecule has 1 aromatic carbocycles. The summed E-state index contributed by atoms with van der Waals surface area (Å²) in [4.78, 5) is 24.2. The van der Waals surface area contributed by atoms with E-state index in [0.29, 0.717) is 5.56 Å². The van der Waals surface area contributed by atoms with E-state index in [9.17, 15) is 22.8 Å². The van der Waals surface area contributed by atoms with Crippen LogP contribution in [0.1, 0.15) is 50.5 Å². The van der Waals surface area contributed by atoms with Crippen LogP contribution < -0.4 is 16.0 Å². The molecule has 1 aliphatic rings. The molecule has 7 nitrogen and oxygen atoms in total. The SMILES string of the molecule is CCn1nc(C(=O)NCc2ccc(C(=O)NC)cc2)c2c1C(C(F)(F)F)CNC2. The summed E-state index contributed by atoms with van der Waals surface area (Å²) in [6, 6.07) is 6.66. The van der Waals surface area contributed by atoms with E-state index < -0.39 is 18.0 Å². The molecule has 2 heterocycles. The fourth-order valence-corrected chi connectivity index (χ4v) is 3.39. The molecule has 1 aliphatic heterocycles. The Labute approximate surface area is 165 Å². The maximum Gasteiger partial charge on any atom is 0.398 e. The third-order valence-corrected chi connectivity index (χ3v) is 4.88. The van der Waals surface area contributed by atoms with Crippen LogP contribution in [0.4, 0.5) is 13.2 Å². The Kier molecular flexibility index (Phi) is 5.92. The minimum atomic E-state index is -4.42. The highest BCUT2D eigenvalue weighted by molar-refractivity contribution is 5.94. The number of alkyl halides is 3. The first-order valence-electron chi connectivity index (χ1n) is 9.22. The summed E-state index contributed by atoms with van der Waals surface area (Å²) >= 11 is 0. The third-order valence-electron chi connectivity index (χ3n) is 4.88. The number of rotatable bonds is 5. The van der Waals surface area contributed by atoms with Gasteiger partial charge in [-0.2, -0.15) is 18.3 Å². The minimum Gasteiger partial charge on any atom is -0.355 e. The molecule has 0 bridgehead atoms. The second-order valence-corrected chi connectivity index (χ2v) is 6.71. The summed E-state index contributed by atoms with van der Waals surface area (Å²) in [5.74, 6) is -2.45. The van der Waals surface area contributed by atoms with Crippen molar-refractivity contribution in [1.82, 2.24) is 25.7 Å². The molecule has 2 aromatic rings. The number of fused-ring (bicyclic) bond motifs is 1. The molecule has 3 N–H and O–H groups in total. The zero-order chi connectivity index (χ0) is 21.2. The van der Waals surface area contributed by atoms with E-state index in [1.807, 2.05) is 0 Å². The first kappa shape index (κ1) is 20.8. The van der Waals surface area contributed by atoms with Gasteiger partial charge in [0.05, 0.1) is 5.69 Å². The Morgan fingerprint density at radius 3 is 2.52 bits per heavy atom. The summed E-state index contributed by atoms with van der Waals surface area (Å²) in [5, 5.41) is 12.1. The summed E-state index contributed by atoms with van der Waals surface area (Å²) in [5.41, 5.74) is 1.58. The predicted molar refractivity (Wildman–Crippen MR) is 99.4 cm³/mol. The van der Waals surface area contributed by atoms with Crippen LogP contribution in [0.3, 0.4) is 0 Å². The number of nitrogens with one attached hydrogen (secondary N) is 3. The zero-order valence-corrected chi connectivity index (χ0v) is 16.1. The van der Waals surface area contributed by atoms with E-state index in [1.54, 1.807) is 31.2 Å². The lowest BCUT2D eigenvalue weighted by Crippen LogP contribution is -2.38. The van der Waals surface area contributed by atoms with Gasteiger partial charge in [-0.05, 0) is 24.6 Å². The Morgan fingerprint density at radius 2 is 1.93 bits per heavy atom. The molecule has 156 valence electrons. The van der Waals surface area contributed by atoms with Gasteiger partial charge in [-0.15, -0.1) is 0 Å². The summed E-state index contributed by atoms with van der Waals surface area (Å²) < 4.78 is 41.5. The number of benzene rings is 1. The fraction of sp³-hybridized carbons (Fsp3) is 0.421. The van der Waals surface area contributed by atoms with E-state index in [0.717, 1.165) is 5.56 Å². The van der Waals surface area contributed by atoms with Gasteiger partial charge >= 0.3 is 6.18 Å². The first-order valence-corrected chi connectivity index (χ1v) is 9.22. The number of hydrogen-bond donors (Lipinski definition) is 3. The highest BCUT2D eigenvalue weighted by Crippen LogP contribution is 2.39. The molecule has 0 saturated heterocycles. The Morgan fingerprint density at radius 1 is 1.24 bits per heavy atom. The maximum atomic E-state index is 13.4. The van der Waals surface area contributed by atoms with Crippen LogP contribution in [0.2, 0.25) is 0 Å². The number of halogens is 3. The Balaban J connectivity index is 1.78. The van der Waals surface area contributed by atoms with Crippen molar-refractivity contribution in [2.45, 2.75) is 38.7 Å². The number of hydrogen-bond acceptors (Lipinski definition) is 4. The molecular formula is C19H22F3N5O2. The molecule has 0 spiro atoms. The van der Waals surface area contributed by atoms with Crippen molar-refractivity contribution in [3.05, 3.63) is 52.3 Å². The normalized spacial score (nSPS) is 16.2. The number of carbonyl (C=O) groups is 2. The van der Waals surface area contributed by atoms with Crippen LogP contribution in [-0.4, -0.2) is 41.4 Å². The van der Waals surface area contributed by atoms with Crippen molar-refractivity contribution < 1.29 is 22.8 Å². The zero-order valence-electron chi connectivity index (χ0n) is 16.1. The van der Waals surface area contributed by atoms with Crippen LogP contribution in [0.25, 0.3) is 0 Å². The van der Waals surface area contributed by atoms with E-state index in [-0.39, 0.29) is 49.0 Å². The van der Waals surface area contributed by atoms with E-state index >= 15 is 0 Å². The second-order valence-electron chi connectivity index (χ2n) is 6.71. The number of amides is 2. The monoisotopic (exact) mass is 409 g/mol. The lowest BCUT2D eigenvalue weighted by molar-refractivity contribution is -0.152. The van der Waals surface area contributed by atoms with Gasteiger partial charge in [0.2, 0.25) is 0 Å². The number of carbonyl (C=O) groups excluding carboxylic acids is 2. The number of aryl methyl sites for hydroxylation is 1. The lowest BCUT2D eigenvalue weighted by Gasteiger charge is -2.27. The smallest absolute Gasteiger partial charge is 0.355 e. The van der Waals surface area contributed by atoms with Gasteiger partial charge in [-0.25, -0.2) is 0 Å². The van der Waals surface area contributed by atoms with Gasteiger partial charge in [-0.1, -0.05) is 12.1 Å². The number of aromatic nitrogens is 2. The van der Waals surface area contributed by atoms with Crippen LogP contribution in [-0.2, 0) is 19.6 Å². The van der Waals surface area contributed by atoms with Crippen molar-refractivity contribution in [2.24, 2.45) is 0 Å². The molecule has 0 fully saturated rings. The van der Waals surface area contributed by atoms with Crippen molar-refractivity contribution in [3.63, 3.8) is 0 Å². The van der Waals surface area contributed by atoms with E-state index in [4.69, 9.17) is 0 Å². The van der Waals surface area contributed by atoms with Crippen LogP contribution in [0, 0.1) is 0 Å². The van der Waals surface area contributed by atoms with Gasteiger partial charge < -0.3 is 16.0 Å². The third kappa shape index (κ3) is 4.26. The largest absolute Gasteiger partial charge is 0.398 e. The molecule has 1 unspecified atom stereocenters. The van der Waals surface area contributed by atoms with Crippen molar-refractivity contribution in [3.8, 4) is 0 Å². The minimum absolute atomic E-state index is 0.00489. The lowest BCUT2D eigenvalue weighted by atomic mass is 9.95. The standard InChI is InChI=1S/C19H22F3N5O2/c1-3-27-16-13(9-24-10-14(16)19(20,21)22)15(26-27)18(29)25-8-11-4-6-12(7-5-11)17(28)23-2/h4-7,14,24H,3,8-10H2,1-2H3,(H,23,28)(H,25,29). The van der Waals surface area contributed by atoms with Crippen LogP contribution in [0.5, 0.6) is 0 Å². The molecule has 10 heteroatoms. The molecule has 3 rings (SSSR count). The molecular weight excluding hydrogens is 387 g/mol. The summed E-state index contributed by atoms with van der Waals surface area (Å²) in [6.45, 7) is 2.02. The fourth-order valence-electron chi connectivity index (χ4n) is 3.39. The molecule has 29 heavy (non-hydrogen) atoms. The quantitative estimate of drug-likeness (QED) is 0.704. The van der Waals surface area contributed by atoms with E-state index in [1.165, 1.54) is 11.7 Å². The van der Waals surface area contributed by atoms with Crippen LogP contribution in [0.15, 0.2) is 24.3 Å². The molecule has 2 amide bonds. The van der Waals surface area contributed by atoms with E-state index in [2.05, 4.69) is 21.0 Å². The summed E-state index contributed by atoms with van der Waals surface area (Å²) in [6.07, 6.45) is -4.42. The van der Waals surface area contributed by atoms with Gasteiger partial charge in [-0.3, -0.25) is 14.3 Å². The first-order chi connectivity index (χ1) is 13.8. The highest BCUT2D eigenvalue weighted by atomic mass is 19.4. The molecule has 0 saturated carbocycles. The average Bonchev–Trinajstić information content (AvgIpc) is 3.10. The average molecular weight is 409 g/mol. The molecule has 0 aliphatic carbocycles. The number of nitrogens with zero attached hydrogens (tertiary/aromatic N) is 2. The molecule has 0 radical (unpaired) electrons. The maximum absolute atomic E-state index is 13.4. The van der Waals surface area contributed by atoms with Gasteiger partial charge in [0.25, 0.3) is 11.8 Å². The predicted octanol–water partition coefficient (Wildman–Crippen LogP) is 1.94. The molecule has 1 aromatic heterocycles.